The van der Waals surface area contributed by atoms with E-state index in [1.54, 1.807) is 6.07 Å². The molecule has 104 valence electrons. The van der Waals surface area contributed by atoms with Crippen molar-refractivity contribution in [2.24, 2.45) is 0 Å². The molecule has 0 aliphatic heterocycles. The lowest BCUT2D eigenvalue weighted by Crippen LogP contribution is -2.05. The van der Waals surface area contributed by atoms with Gasteiger partial charge in [-0.2, -0.15) is 0 Å². The number of halogens is 2. The first kappa shape index (κ1) is 13.4. The zero-order valence-corrected chi connectivity index (χ0v) is 11.1. The minimum absolute atomic E-state index is 0.0468. The van der Waals surface area contributed by atoms with Crippen molar-refractivity contribution in [1.82, 2.24) is 0 Å². The number of rotatable bonds is 3. The Morgan fingerprint density at radius 3 is 2.43 bits per heavy atom. The number of hydrogen-bond acceptors (Lipinski definition) is 1. The Labute approximate surface area is 120 Å². The van der Waals surface area contributed by atoms with Gasteiger partial charge in [0.05, 0.1) is 0 Å². The molecule has 3 heteroatoms. The molecule has 0 spiro atoms. The molecular weight excluding hydrogens is 270 g/mol. The summed E-state index contributed by atoms with van der Waals surface area (Å²) < 4.78 is 26.1. The third kappa shape index (κ3) is 2.68. The van der Waals surface area contributed by atoms with E-state index in [1.807, 2.05) is 36.4 Å². The van der Waals surface area contributed by atoms with E-state index in [1.165, 1.54) is 6.07 Å². The first-order valence-corrected chi connectivity index (χ1v) is 6.60. The third-order valence-corrected chi connectivity index (χ3v) is 3.44. The van der Waals surface area contributed by atoms with Gasteiger partial charge in [-0.1, -0.05) is 48.5 Å². The van der Waals surface area contributed by atoms with Crippen molar-refractivity contribution in [3.05, 3.63) is 83.4 Å². The van der Waals surface area contributed by atoms with Gasteiger partial charge in [0.15, 0.2) is 17.4 Å². The van der Waals surface area contributed by atoms with Crippen LogP contribution in [0.15, 0.2) is 60.7 Å². The topological polar surface area (TPSA) is 17.1 Å². The lowest BCUT2D eigenvalue weighted by atomic mass is 9.97. The highest BCUT2D eigenvalue weighted by molar-refractivity contribution is 6.08. The van der Waals surface area contributed by atoms with Crippen molar-refractivity contribution < 1.29 is 13.6 Å². The Morgan fingerprint density at radius 2 is 1.62 bits per heavy atom. The fourth-order valence-electron chi connectivity index (χ4n) is 2.40. The summed E-state index contributed by atoms with van der Waals surface area (Å²) in [5, 5.41) is 1.85. The van der Waals surface area contributed by atoms with Gasteiger partial charge in [-0.25, -0.2) is 8.78 Å². The van der Waals surface area contributed by atoms with Crippen molar-refractivity contribution in [3.63, 3.8) is 0 Å². The summed E-state index contributed by atoms with van der Waals surface area (Å²) in [5.41, 5.74) is 1.06. The number of carbonyl (C=O) groups is 1. The zero-order valence-electron chi connectivity index (χ0n) is 11.1. The molecular formula is C18H12F2O. The minimum Gasteiger partial charge on any atom is -0.294 e. The minimum atomic E-state index is -0.932. The quantitative estimate of drug-likeness (QED) is 0.644. The molecule has 0 atom stereocenters. The number of carbonyl (C=O) groups excluding carboxylic acids is 1. The van der Waals surface area contributed by atoms with E-state index in [4.69, 9.17) is 0 Å². The number of fused-ring (bicyclic) bond motifs is 1. The smallest absolute Gasteiger partial charge is 0.167 e. The second kappa shape index (κ2) is 5.44. The normalized spacial score (nSPS) is 10.8. The first-order chi connectivity index (χ1) is 10.1. The molecule has 0 fully saturated rings. The SMILES string of the molecule is O=C(Cc1ccc(F)c(F)c1)c1cccc2ccccc12. The monoisotopic (exact) mass is 282 g/mol. The van der Waals surface area contributed by atoms with Crippen LogP contribution in [0.4, 0.5) is 8.78 Å². The van der Waals surface area contributed by atoms with E-state index in [-0.39, 0.29) is 12.2 Å². The van der Waals surface area contributed by atoms with Crippen LogP contribution >= 0.6 is 0 Å². The number of hydrogen-bond donors (Lipinski definition) is 0. The van der Waals surface area contributed by atoms with Crippen molar-refractivity contribution in [2.45, 2.75) is 6.42 Å². The number of ketones is 1. The predicted molar refractivity (Wildman–Crippen MR) is 78.3 cm³/mol. The lowest BCUT2D eigenvalue weighted by molar-refractivity contribution is 0.0994. The molecule has 1 nitrogen and oxygen atoms in total. The van der Waals surface area contributed by atoms with Crippen LogP contribution in [-0.2, 0) is 6.42 Å². The largest absolute Gasteiger partial charge is 0.294 e. The van der Waals surface area contributed by atoms with Crippen LogP contribution < -0.4 is 0 Å². The molecule has 0 aliphatic rings. The van der Waals surface area contributed by atoms with Crippen LogP contribution in [0.1, 0.15) is 15.9 Å². The van der Waals surface area contributed by atoms with Crippen LogP contribution in [-0.4, -0.2) is 5.78 Å². The molecule has 0 N–H and O–H groups in total. The average molecular weight is 282 g/mol. The van der Waals surface area contributed by atoms with E-state index < -0.39 is 11.6 Å². The molecule has 0 amide bonds. The van der Waals surface area contributed by atoms with E-state index in [0.717, 1.165) is 22.9 Å². The molecule has 0 radical (unpaired) electrons. The van der Waals surface area contributed by atoms with Crippen LogP contribution in [0.25, 0.3) is 10.8 Å². The van der Waals surface area contributed by atoms with Crippen LogP contribution in [0.3, 0.4) is 0 Å². The average Bonchev–Trinajstić information content (AvgIpc) is 2.50. The third-order valence-electron chi connectivity index (χ3n) is 3.44. The van der Waals surface area contributed by atoms with Crippen molar-refractivity contribution in [2.75, 3.05) is 0 Å². The Morgan fingerprint density at radius 1 is 0.857 bits per heavy atom. The molecule has 0 aliphatic carbocycles. The van der Waals surface area contributed by atoms with Gasteiger partial charge in [0.2, 0.25) is 0 Å². The van der Waals surface area contributed by atoms with Gasteiger partial charge in [-0.15, -0.1) is 0 Å². The highest BCUT2D eigenvalue weighted by atomic mass is 19.2. The summed E-state index contributed by atoms with van der Waals surface area (Å²) in [7, 11) is 0. The fraction of sp³-hybridized carbons (Fsp3) is 0.0556. The second-order valence-electron chi connectivity index (χ2n) is 4.88. The molecule has 0 saturated carbocycles. The van der Waals surface area contributed by atoms with Gasteiger partial charge in [0, 0.05) is 12.0 Å². The summed E-state index contributed by atoms with van der Waals surface area (Å²) in [5.74, 6) is -1.95. The maximum absolute atomic E-state index is 13.2. The van der Waals surface area contributed by atoms with Gasteiger partial charge in [-0.05, 0) is 28.5 Å². The Bertz CT molecular complexity index is 819. The molecule has 21 heavy (non-hydrogen) atoms. The molecule has 3 aromatic rings. The van der Waals surface area contributed by atoms with Gasteiger partial charge >= 0.3 is 0 Å². The van der Waals surface area contributed by atoms with Crippen molar-refractivity contribution in [1.29, 1.82) is 0 Å². The van der Waals surface area contributed by atoms with Crippen LogP contribution in [0, 0.1) is 11.6 Å². The van der Waals surface area contributed by atoms with Gasteiger partial charge < -0.3 is 0 Å². The molecule has 0 aromatic heterocycles. The first-order valence-electron chi connectivity index (χ1n) is 6.60. The maximum atomic E-state index is 13.2. The molecule has 0 heterocycles. The molecule has 3 aromatic carbocycles. The molecule has 0 bridgehead atoms. The lowest BCUT2D eigenvalue weighted by Gasteiger charge is -2.06. The van der Waals surface area contributed by atoms with Gasteiger partial charge in [0.25, 0.3) is 0 Å². The Balaban J connectivity index is 1.95. The highest BCUT2D eigenvalue weighted by Crippen LogP contribution is 2.20. The summed E-state index contributed by atoms with van der Waals surface area (Å²) in [6, 6.07) is 16.6. The van der Waals surface area contributed by atoms with Gasteiger partial charge in [0.1, 0.15) is 0 Å². The molecule has 0 saturated heterocycles. The number of Topliss-reactive ketones (excluding diaryl/α,β-unsaturated/α-hetero) is 1. The zero-order chi connectivity index (χ0) is 14.8. The molecule has 0 unspecified atom stereocenters. The van der Waals surface area contributed by atoms with E-state index in [9.17, 15) is 13.6 Å². The van der Waals surface area contributed by atoms with Crippen molar-refractivity contribution in [3.8, 4) is 0 Å². The predicted octanol–water partition coefficient (Wildman–Crippen LogP) is 4.54. The standard InChI is InChI=1S/C18H12F2O/c19-16-9-8-12(10-17(16)20)11-18(21)15-7-3-5-13-4-1-2-6-14(13)15/h1-10H,11H2. The Hall–Kier alpha value is -2.55. The summed E-state index contributed by atoms with van der Waals surface area (Å²) >= 11 is 0. The Kier molecular flexibility index (Phi) is 3.48. The highest BCUT2D eigenvalue weighted by Gasteiger charge is 2.12. The summed E-state index contributed by atoms with van der Waals surface area (Å²) in [6.45, 7) is 0. The second-order valence-corrected chi connectivity index (χ2v) is 4.88. The van der Waals surface area contributed by atoms with E-state index in [0.29, 0.717) is 11.1 Å². The fourth-order valence-corrected chi connectivity index (χ4v) is 2.40. The van der Waals surface area contributed by atoms with Gasteiger partial charge in [-0.3, -0.25) is 4.79 Å². The van der Waals surface area contributed by atoms with Crippen molar-refractivity contribution >= 4 is 16.6 Å². The van der Waals surface area contributed by atoms with Crippen LogP contribution in [0.5, 0.6) is 0 Å². The summed E-state index contributed by atoms with van der Waals surface area (Å²) in [4.78, 5) is 12.4. The molecule has 3 rings (SSSR count). The van der Waals surface area contributed by atoms with Crippen LogP contribution in [0.2, 0.25) is 0 Å². The summed E-state index contributed by atoms with van der Waals surface area (Å²) in [6.07, 6.45) is 0.0468. The number of benzene rings is 3. The van der Waals surface area contributed by atoms with E-state index >= 15 is 0 Å². The maximum Gasteiger partial charge on any atom is 0.167 e. The van der Waals surface area contributed by atoms with E-state index in [2.05, 4.69) is 0 Å².